The van der Waals surface area contributed by atoms with Gasteiger partial charge in [0, 0.05) is 11.8 Å². The molecule has 4 rings (SSSR count). The highest BCUT2D eigenvalue weighted by molar-refractivity contribution is 6.32. The minimum atomic E-state index is -0.816. The molecule has 0 aliphatic rings. The number of primary amides is 1. The van der Waals surface area contributed by atoms with Crippen molar-refractivity contribution in [1.29, 1.82) is 0 Å². The Morgan fingerprint density at radius 3 is 2.73 bits per heavy atom. The van der Waals surface area contributed by atoms with Crippen molar-refractivity contribution in [1.82, 2.24) is 19.7 Å². The van der Waals surface area contributed by atoms with Crippen molar-refractivity contribution in [2.45, 2.75) is 0 Å². The van der Waals surface area contributed by atoms with Gasteiger partial charge in [0.25, 0.3) is 11.8 Å². The second-order valence-electron chi connectivity index (χ2n) is 6.11. The maximum Gasteiger partial charge on any atom is 0.277 e. The van der Waals surface area contributed by atoms with Gasteiger partial charge in [-0.2, -0.15) is 5.10 Å². The van der Waals surface area contributed by atoms with Gasteiger partial charge in [0.15, 0.2) is 11.4 Å². The number of nitrogens with zero attached hydrogens (tertiary/aromatic N) is 4. The number of para-hydroxylation sites is 1. The molecular formula is C19H14ClN7O3. The van der Waals surface area contributed by atoms with Gasteiger partial charge in [0.05, 0.1) is 22.6 Å². The van der Waals surface area contributed by atoms with Crippen LogP contribution in [0.15, 0.2) is 59.5 Å². The van der Waals surface area contributed by atoms with Gasteiger partial charge in [0.2, 0.25) is 5.89 Å². The van der Waals surface area contributed by atoms with E-state index < -0.39 is 11.8 Å². The molecule has 0 aliphatic heterocycles. The average molecular weight is 424 g/mol. The number of nitrogens with one attached hydrogen (secondary N) is 1. The monoisotopic (exact) mass is 423 g/mol. The van der Waals surface area contributed by atoms with Crippen LogP contribution >= 0.6 is 11.6 Å². The molecule has 150 valence electrons. The molecule has 0 aliphatic carbocycles. The molecule has 0 bridgehead atoms. The summed E-state index contributed by atoms with van der Waals surface area (Å²) >= 11 is 6.17. The number of aromatic nitrogens is 4. The molecule has 2 amide bonds. The molecular weight excluding hydrogens is 410 g/mol. The van der Waals surface area contributed by atoms with E-state index in [4.69, 9.17) is 27.5 Å². The lowest BCUT2D eigenvalue weighted by Gasteiger charge is -2.02. The summed E-state index contributed by atoms with van der Waals surface area (Å²) in [5.41, 5.74) is 12.1. The fourth-order valence-electron chi connectivity index (χ4n) is 2.69. The number of amides is 2. The minimum absolute atomic E-state index is 0.0127. The van der Waals surface area contributed by atoms with Crippen LogP contribution in [0.2, 0.25) is 5.02 Å². The zero-order valence-corrected chi connectivity index (χ0v) is 16.0. The number of pyridine rings is 1. The van der Waals surface area contributed by atoms with Crippen LogP contribution in [0.1, 0.15) is 21.0 Å². The Bertz CT molecular complexity index is 1260. The molecule has 0 saturated heterocycles. The van der Waals surface area contributed by atoms with Gasteiger partial charge >= 0.3 is 0 Å². The Hall–Kier alpha value is -4.18. The summed E-state index contributed by atoms with van der Waals surface area (Å²) in [6.07, 6.45) is 4.12. The highest BCUT2D eigenvalue weighted by Gasteiger charge is 2.20. The number of benzene rings is 1. The molecule has 1 aromatic carbocycles. The lowest BCUT2D eigenvalue weighted by Crippen LogP contribution is -2.18. The Morgan fingerprint density at radius 1 is 1.20 bits per heavy atom. The van der Waals surface area contributed by atoms with E-state index in [1.165, 1.54) is 23.3 Å². The van der Waals surface area contributed by atoms with E-state index in [1.54, 1.807) is 36.4 Å². The summed E-state index contributed by atoms with van der Waals surface area (Å²) in [6, 6.07) is 10.1. The smallest absolute Gasteiger partial charge is 0.277 e. The van der Waals surface area contributed by atoms with Crippen LogP contribution in [0.25, 0.3) is 17.1 Å². The van der Waals surface area contributed by atoms with Crippen molar-refractivity contribution >= 4 is 34.9 Å². The summed E-state index contributed by atoms with van der Waals surface area (Å²) in [6.45, 7) is 0. The van der Waals surface area contributed by atoms with Crippen molar-refractivity contribution in [2.24, 2.45) is 5.73 Å². The third-order valence-corrected chi connectivity index (χ3v) is 4.38. The topological polar surface area (TPSA) is 155 Å². The molecule has 5 N–H and O–H groups in total. The third kappa shape index (κ3) is 3.71. The predicted molar refractivity (Wildman–Crippen MR) is 109 cm³/mol. The van der Waals surface area contributed by atoms with Gasteiger partial charge in [-0.25, -0.2) is 14.6 Å². The maximum atomic E-state index is 12.6. The number of nitrogen functional groups attached to an aromatic ring is 1. The van der Waals surface area contributed by atoms with E-state index in [2.05, 4.69) is 20.4 Å². The van der Waals surface area contributed by atoms with Crippen LogP contribution in [-0.2, 0) is 0 Å². The van der Waals surface area contributed by atoms with Crippen LogP contribution in [-0.4, -0.2) is 31.6 Å². The van der Waals surface area contributed by atoms with Crippen molar-refractivity contribution < 1.29 is 14.0 Å². The first kappa shape index (κ1) is 19.2. The number of anilines is 2. The standard InChI is InChI=1S/C19H14ClN7O3/c20-11-3-1-2-4-14(11)27-8-12(16(26-27)17(22)28)24-18(29)13-9-30-19(25-13)10-5-6-23-15(21)7-10/h1-9H,(H2,21,23)(H2,22,28)(H,24,29). The van der Waals surface area contributed by atoms with Crippen molar-refractivity contribution in [3.8, 4) is 17.1 Å². The number of hydrogen-bond donors (Lipinski definition) is 3. The molecule has 10 nitrogen and oxygen atoms in total. The van der Waals surface area contributed by atoms with E-state index >= 15 is 0 Å². The summed E-state index contributed by atoms with van der Waals surface area (Å²) in [7, 11) is 0. The van der Waals surface area contributed by atoms with E-state index in [0.29, 0.717) is 16.3 Å². The molecule has 0 unspecified atom stereocenters. The zero-order valence-electron chi connectivity index (χ0n) is 15.2. The number of rotatable bonds is 5. The van der Waals surface area contributed by atoms with Gasteiger partial charge in [0.1, 0.15) is 12.1 Å². The first-order valence-corrected chi connectivity index (χ1v) is 8.93. The van der Waals surface area contributed by atoms with E-state index in [1.807, 2.05) is 0 Å². The number of oxazole rings is 1. The van der Waals surface area contributed by atoms with Crippen LogP contribution in [0, 0.1) is 0 Å². The largest absolute Gasteiger partial charge is 0.444 e. The lowest BCUT2D eigenvalue weighted by molar-refractivity contribution is 0.0996. The third-order valence-electron chi connectivity index (χ3n) is 4.06. The average Bonchev–Trinajstić information content (AvgIpc) is 3.36. The van der Waals surface area contributed by atoms with Crippen LogP contribution in [0.4, 0.5) is 11.5 Å². The molecule has 0 atom stereocenters. The van der Waals surface area contributed by atoms with Gasteiger partial charge in [-0.15, -0.1) is 0 Å². The lowest BCUT2D eigenvalue weighted by atomic mass is 10.2. The second kappa shape index (κ2) is 7.68. The first-order chi connectivity index (χ1) is 14.4. The minimum Gasteiger partial charge on any atom is -0.444 e. The number of carbonyl (C=O) groups is 2. The van der Waals surface area contributed by atoms with Crippen molar-refractivity contribution in [2.75, 3.05) is 11.1 Å². The Balaban J connectivity index is 1.62. The number of halogens is 1. The first-order valence-electron chi connectivity index (χ1n) is 8.55. The van der Waals surface area contributed by atoms with Gasteiger partial charge in [-0.05, 0) is 24.3 Å². The highest BCUT2D eigenvalue weighted by Crippen LogP contribution is 2.24. The molecule has 0 spiro atoms. The summed E-state index contributed by atoms with van der Waals surface area (Å²) < 4.78 is 6.70. The van der Waals surface area contributed by atoms with Crippen LogP contribution < -0.4 is 16.8 Å². The summed E-state index contributed by atoms with van der Waals surface area (Å²) in [5, 5.41) is 7.11. The summed E-state index contributed by atoms with van der Waals surface area (Å²) in [4.78, 5) is 32.5. The van der Waals surface area contributed by atoms with Gasteiger partial charge in [-0.3, -0.25) is 9.59 Å². The molecule has 11 heteroatoms. The van der Waals surface area contributed by atoms with Gasteiger partial charge < -0.3 is 21.2 Å². The fourth-order valence-corrected chi connectivity index (χ4v) is 2.91. The second-order valence-corrected chi connectivity index (χ2v) is 6.52. The molecule has 30 heavy (non-hydrogen) atoms. The molecule has 4 aromatic rings. The maximum absolute atomic E-state index is 12.6. The normalized spacial score (nSPS) is 10.7. The SMILES string of the molecule is NC(=O)c1nn(-c2ccccc2Cl)cc1NC(=O)c1coc(-c2ccnc(N)c2)n1. The molecule has 3 heterocycles. The predicted octanol–water partition coefficient (Wildman–Crippen LogP) is 2.51. The van der Waals surface area contributed by atoms with Crippen LogP contribution in [0.3, 0.4) is 0 Å². The zero-order chi connectivity index (χ0) is 21.3. The highest BCUT2D eigenvalue weighted by atomic mass is 35.5. The van der Waals surface area contributed by atoms with Crippen molar-refractivity contribution in [3.63, 3.8) is 0 Å². The Kier molecular flexibility index (Phi) is 4.90. The molecule has 0 fully saturated rings. The number of carbonyl (C=O) groups excluding carboxylic acids is 2. The Labute approximate surface area is 174 Å². The summed E-state index contributed by atoms with van der Waals surface area (Å²) in [5.74, 6) is -0.955. The Morgan fingerprint density at radius 2 is 2.00 bits per heavy atom. The van der Waals surface area contributed by atoms with E-state index in [9.17, 15) is 9.59 Å². The quantitative estimate of drug-likeness (QED) is 0.445. The molecule has 0 radical (unpaired) electrons. The fraction of sp³-hybridized carbons (Fsp3) is 0. The number of hydrogen-bond acceptors (Lipinski definition) is 7. The number of nitrogens with two attached hydrogens (primary N) is 2. The van der Waals surface area contributed by atoms with E-state index in [-0.39, 0.29) is 28.8 Å². The molecule has 3 aromatic heterocycles. The molecule has 0 saturated carbocycles. The van der Waals surface area contributed by atoms with Crippen LogP contribution in [0.5, 0.6) is 0 Å². The van der Waals surface area contributed by atoms with Crippen molar-refractivity contribution in [3.05, 3.63) is 71.5 Å². The van der Waals surface area contributed by atoms with Gasteiger partial charge in [-0.1, -0.05) is 23.7 Å². The van der Waals surface area contributed by atoms with E-state index in [0.717, 1.165) is 0 Å².